The lowest BCUT2D eigenvalue weighted by atomic mass is 9.92. The quantitative estimate of drug-likeness (QED) is 0.915. The van der Waals surface area contributed by atoms with Crippen molar-refractivity contribution in [3.8, 4) is 0 Å². The Labute approximate surface area is 111 Å². The molecule has 1 aromatic heterocycles. The third-order valence-electron chi connectivity index (χ3n) is 3.99. The fourth-order valence-electron chi connectivity index (χ4n) is 2.75. The zero-order valence-corrected chi connectivity index (χ0v) is 10.8. The van der Waals surface area contributed by atoms with Crippen LogP contribution in [0.4, 0.5) is 4.39 Å². The van der Waals surface area contributed by atoms with Crippen molar-refractivity contribution >= 4 is 0 Å². The first-order valence-electron chi connectivity index (χ1n) is 6.48. The summed E-state index contributed by atoms with van der Waals surface area (Å²) in [6.07, 6.45) is 2.10. The Kier molecular flexibility index (Phi) is 2.86. The second-order valence-electron chi connectivity index (χ2n) is 5.37. The van der Waals surface area contributed by atoms with Crippen molar-refractivity contribution < 1.29 is 9.50 Å². The van der Waals surface area contributed by atoms with Gasteiger partial charge in [0.25, 0.3) is 0 Å². The van der Waals surface area contributed by atoms with E-state index in [9.17, 15) is 9.50 Å². The van der Waals surface area contributed by atoms with Gasteiger partial charge in [-0.1, -0.05) is 30.3 Å². The van der Waals surface area contributed by atoms with Gasteiger partial charge < -0.3 is 5.11 Å². The Balaban J connectivity index is 1.82. The molecule has 19 heavy (non-hydrogen) atoms. The Bertz CT molecular complexity index is 565. The minimum atomic E-state index is -1.01. The molecule has 1 aliphatic carbocycles. The molecule has 1 aromatic carbocycles. The lowest BCUT2D eigenvalue weighted by Crippen LogP contribution is -2.26. The van der Waals surface area contributed by atoms with Crippen LogP contribution in [0.25, 0.3) is 0 Å². The van der Waals surface area contributed by atoms with Crippen LogP contribution < -0.4 is 0 Å². The molecule has 1 N–H and O–H groups in total. The third-order valence-corrected chi connectivity index (χ3v) is 3.99. The van der Waals surface area contributed by atoms with Gasteiger partial charge in [-0.25, -0.2) is 4.39 Å². The van der Waals surface area contributed by atoms with Crippen LogP contribution in [0.5, 0.6) is 0 Å². The fraction of sp³-hybridized carbons (Fsp3) is 0.312. The van der Waals surface area contributed by atoms with E-state index in [1.54, 1.807) is 13.0 Å². The Morgan fingerprint density at radius 2 is 1.95 bits per heavy atom. The van der Waals surface area contributed by atoms with E-state index in [-0.39, 0.29) is 11.7 Å². The van der Waals surface area contributed by atoms with Crippen molar-refractivity contribution in [1.82, 2.24) is 4.98 Å². The van der Waals surface area contributed by atoms with Gasteiger partial charge in [0.2, 0.25) is 0 Å². The molecule has 3 rings (SSSR count). The van der Waals surface area contributed by atoms with Gasteiger partial charge in [0.05, 0.1) is 11.9 Å². The molecule has 0 bridgehead atoms. The minimum absolute atomic E-state index is 0.146. The Hall–Kier alpha value is -1.74. The molecule has 98 valence electrons. The van der Waals surface area contributed by atoms with Crippen LogP contribution in [0.2, 0.25) is 0 Å². The van der Waals surface area contributed by atoms with Crippen LogP contribution in [0.3, 0.4) is 0 Å². The number of aromatic nitrogens is 1. The molecular formula is C16H16FNO. The topological polar surface area (TPSA) is 33.1 Å². The van der Waals surface area contributed by atoms with E-state index in [1.165, 1.54) is 11.6 Å². The first kappa shape index (κ1) is 12.3. The zero-order valence-electron chi connectivity index (χ0n) is 10.8. The molecule has 0 radical (unpaired) electrons. The maximum absolute atomic E-state index is 12.9. The molecule has 3 unspecified atom stereocenters. The van der Waals surface area contributed by atoms with Crippen LogP contribution in [-0.2, 0) is 5.60 Å². The molecule has 1 heterocycles. The molecule has 1 fully saturated rings. The van der Waals surface area contributed by atoms with E-state index in [2.05, 4.69) is 17.1 Å². The summed E-state index contributed by atoms with van der Waals surface area (Å²) in [6.45, 7) is 1.76. The predicted octanol–water partition coefficient (Wildman–Crippen LogP) is 3.23. The molecular weight excluding hydrogens is 241 g/mol. The summed E-state index contributed by atoms with van der Waals surface area (Å²) in [5, 5.41) is 10.7. The number of pyridine rings is 1. The molecule has 2 aromatic rings. The maximum atomic E-state index is 12.9. The van der Waals surface area contributed by atoms with Crippen molar-refractivity contribution in [3.05, 3.63) is 65.7 Å². The highest BCUT2D eigenvalue weighted by molar-refractivity contribution is 5.30. The van der Waals surface area contributed by atoms with Crippen molar-refractivity contribution in [2.45, 2.75) is 24.9 Å². The van der Waals surface area contributed by atoms with Gasteiger partial charge in [-0.05, 0) is 37.0 Å². The van der Waals surface area contributed by atoms with E-state index in [4.69, 9.17) is 0 Å². The molecule has 3 heteroatoms. The summed E-state index contributed by atoms with van der Waals surface area (Å²) in [7, 11) is 0. The lowest BCUT2D eigenvalue weighted by Gasteiger charge is -2.23. The number of benzene rings is 1. The standard InChI is InChI=1S/C16H16FNO/c1-16(19,15-8-7-12(17)10-18-15)14-9-13(14)11-5-3-2-4-6-11/h2-8,10,13-14,19H,9H2,1H3. The zero-order chi connectivity index (χ0) is 13.5. The number of rotatable bonds is 3. The van der Waals surface area contributed by atoms with Crippen molar-refractivity contribution in [1.29, 1.82) is 0 Å². The van der Waals surface area contributed by atoms with Crippen LogP contribution in [-0.4, -0.2) is 10.1 Å². The Morgan fingerprint density at radius 1 is 1.21 bits per heavy atom. The second kappa shape index (κ2) is 4.42. The van der Waals surface area contributed by atoms with Crippen LogP contribution >= 0.6 is 0 Å². The minimum Gasteiger partial charge on any atom is -0.384 e. The summed E-state index contributed by atoms with van der Waals surface area (Å²) in [5.41, 5.74) is 0.779. The van der Waals surface area contributed by atoms with Crippen molar-refractivity contribution in [3.63, 3.8) is 0 Å². The molecule has 1 aliphatic rings. The summed E-state index contributed by atoms with van der Waals surface area (Å²) < 4.78 is 12.9. The van der Waals surface area contributed by atoms with Crippen molar-refractivity contribution in [2.75, 3.05) is 0 Å². The second-order valence-corrected chi connectivity index (χ2v) is 5.37. The number of hydrogen-bond donors (Lipinski definition) is 1. The number of nitrogens with zero attached hydrogens (tertiary/aromatic N) is 1. The first-order chi connectivity index (χ1) is 9.09. The highest BCUT2D eigenvalue weighted by Gasteiger charge is 2.51. The van der Waals surface area contributed by atoms with Gasteiger partial charge >= 0.3 is 0 Å². The molecule has 0 spiro atoms. The van der Waals surface area contributed by atoms with E-state index in [0.717, 1.165) is 12.6 Å². The Morgan fingerprint density at radius 3 is 2.58 bits per heavy atom. The van der Waals surface area contributed by atoms with Gasteiger partial charge in [-0.3, -0.25) is 4.98 Å². The SMILES string of the molecule is CC(O)(c1ccc(F)cn1)C1CC1c1ccccc1. The summed E-state index contributed by atoms with van der Waals surface area (Å²) in [6, 6.07) is 13.1. The number of halogens is 1. The summed E-state index contributed by atoms with van der Waals surface area (Å²) >= 11 is 0. The highest BCUT2D eigenvalue weighted by Crippen LogP contribution is 2.56. The average Bonchev–Trinajstić information content (AvgIpc) is 3.21. The molecule has 1 saturated carbocycles. The maximum Gasteiger partial charge on any atom is 0.141 e. The largest absolute Gasteiger partial charge is 0.384 e. The smallest absolute Gasteiger partial charge is 0.141 e. The van der Waals surface area contributed by atoms with Crippen LogP contribution in [0, 0.1) is 11.7 Å². The highest BCUT2D eigenvalue weighted by atomic mass is 19.1. The summed E-state index contributed by atoms with van der Waals surface area (Å²) in [4.78, 5) is 4.01. The summed E-state index contributed by atoms with van der Waals surface area (Å²) in [5.74, 6) is 0.130. The molecule has 3 atom stereocenters. The molecule has 0 saturated heterocycles. The van der Waals surface area contributed by atoms with Gasteiger partial charge in [0.1, 0.15) is 11.4 Å². The fourth-order valence-corrected chi connectivity index (χ4v) is 2.75. The van der Waals surface area contributed by atoms with E-state index < -0.39 is 5.60 Å². The van der Waals surface area contributed by atoms with E-state index >= 15 is 0 Å². The molecule has 2 nitrogen and oxygen atoms in total. The normalized spacial score (nSPS) is 24.8. The van der Waals surface area contributed by atoms with E-state index in [1.807, 2.05) is 18.2 Å². The predicted molar refractivity (Wildman–Crippen MR) is 71.1 cm³/mol. The first-order valence-corrected chi connectivity index (χ1v) is 6.48. The van der Waals surface area contributed by atoms with Gasteiger partial charge in [-0.2, -0.15) is 0 Å². The molecule has 0 aliphatic heterocycles. The monoisotopic (exact) mass is 257 g/mol. The van der Waals surface area contributed by atoms with Crippen molar-refractivity contribution in [2.24, 2.45) is 5.92 Å². The van der Waals surface area contributed by atoms with Gasteiger partial charge in [0, 0.05) is 5.92 Å². The van der Waals surface area contributed by atoms with Gasteiger partial charge in [-0.15, -0.1) is 0 Å². The number of aliphatic hydroxyl groups is 1. The molecule has 0 amide bonds. The number of hydrogen-bond acceptors (Lipinski definition) is 2. The average molecular weight is 257 g/mol. The van der Waals surface area contributed by atoms with Gasteiger partial charge in [0.15, 0.2) is 0 Å². The van der Waals surface area contributed by atoms with Crippen LogP contribution in [0.15, 0.2) is 48.7 Å². The van der Waals surface area contributed by atoms with E-state index in [0.29, 0.717) is 11.6 Å². The lowest BCUT2D eigenvalue weighted by molar-refractivity contribution is 0.0264. The van der Waals surface area contributed by atoms with Crippen LogP contribution in [0.1, 0.15) is 30.5 Å². The third kappa shape index (κ3) is 2.26.